The molecule has 0 aliphatic carbocycles. The fraction of sp³-hybridized carbons (Fsp3) is 0.538. The zero-order valence-electron chi connectivity index (χ0n) is 9.67. The topological polar surface area (TPSA) is 26.0 Å². The average molecular weight is 191 g/mol. The van der Waals surface area contributed by atoms with Crippen LogP contribution in [0, 0.1) is 19.8 Å². The van der Waals surface area contributed by atoms with Crippen LogP contribution in [-0.2, 0) is 0 Å². The molecule has 1 aromatic rings. The first-order chi connectivity index (χ1) is 6.52. The maximum absolute atomic E-state index is 6.20. The van der Waals surface area contributed by atoms with E-state index in [1.807, 2.05) is 0 Å². The summed E-state index contributed by atoms with van der Waals surface area (Å²) in [4.78, 5) is 0. The van der Waals surface area contributed by atoms with Gasteiger partial charge in [0.2, 0.25) is 0 Å². The Morgan fingerprint density at radius 3 is 2.07 bits per heavy atom. The fourth-order valence-corrected chi connectivity index (χ4v) is 2.04. The molecule has 0 aliphatic rings. The van der Waals surface area contributed by atoms with Crippen LogP contribution in [0.1, 0.15) is 43.0 Å². The van der Waals surface area contributed by atoms with Crippen LogP contribution in [0.15, 0.2) is 18.2 Å². The lowest BCUT2D eigenvalue weighted by Crippen LogP contribution is -2.15. The molecule has 1 aromatic carbocycles. The highest BCUT2D eigenvalue weighted by molar-refractivity contribution is 5.35. The summed E-state index contributed by atoms with van der Waals surface area (Å²) in [5, 5.41) is 0. The summed E-state index contributed by atoms with van der Waals surface area (Å²) in [6, 6.07) is 6.57. The fourth-order valence-electron chi connectivity index (χ4n) is 2.04. The molecule has 0 radical (unpaired) electrons. The average Bonchev–Trinajstić information content (AvgIpc) is 2.01. The number of benzene rings is 1. The van der Waals surface area contributed by atoms with Gasteiger partial charge in [0.1, 0.15) is 0 Å². The predicted molar refractivity (Wildman–Crippen MR) is 62.3 cm³/mol. The Bertz CT molecular complexity index is 282. The molecular weight excluding hydrogens is 170 g/mol. The van der Waals surface area contributed by atoms with Gasteiger partial charge in [0, 0.05) is 6.04 Å². The van der Waals surface area contributed by atoms with Gasteiger partial charge in [-0.15, -0.1) is 0 Å². The van der Waals surface area contributed by atoms with Crippen LogP contribution in [0.5, 0.6) is 0 Å². The molecule has 78 valence electrons. The standard InChI is InChI=1S/C13H21N/c1-9(2)8-12(14)13-10(3)6-5-7-11(13)4/h5-7,9,12H,8,14H2,1-4H3/t12-/m0/s1. The third kappa shape index (κ3) is 2.58. The minimum absolute atomic E-state index is 0.191. The highest BCUT2D eigenvalue weighted by atomic mass is 14.6. The monoisotopic (exact) mass is 191 g/mol. The molecule has 0 saturated carbocycles. The van der Waals surface area contributed by atoms with E-state index in [0.29, 0.717) is 5.92 Å². The maximum Gasteiger partial charge on any atom is 0.0302 e. The molecule has 0 heterocycles. The largest absolute Gasteiger partial charge is 0.324 e. The predicted octanol–water partition coefficient (Wildman–Crippen LogP) is 3.35. The normalized spacial score (nSPS) is 13.3. The van der Waals surface area contributed by atoms with Crippen molar-refractivity contribution in [1.82, 2.24) is 0 Å². The summed E-state index contributed by atoms with van der Waals surface area (Å²) in [6.07, 6.45) is 1.06. The van der Waals surface area contributed by atoms with Crippen molar-refractivity contribution in [3.63, 3.8) is 0 Å². The summed E-state index contributed by atoms with van der Waals surface area (Å²) in [5.41, 5.74) is 10.2. The van der Waals surface area contributed by atoms with Gasteiger partial charge in [-0.2, -0.15) is 0 Å². The molecule has 0 amide bonds. The van der Waals surface area contributed by atoms with E-state index < -0.39 is 0 Å². The number of rotatable bonds is 3. The summed E-state index contributed by atoms with van der Waals surface area (Å²) in [7, 11) is 0. The minimum Gasteiger partial charge on any atom is -0.324 e. The molecule has 0 spiro atoms. The third-order valence-electron chi connectivity index (χ3n) is 2.64. The van der Waals surface area contributed by atoms with E-state index in [1.54, 1.807) is 0 Å². The minimum atomic E-state index is 0.191. The SMILES string of the molecule is Cc1cccc(C)c1[C@@H](N)CC(C)C. The molecule has 0 unspecified atom stereocenters. The molecule has 1 heteroatoms. The second-order valence-corrected chi connectivity index (χ2v) is 4.54. The van der Waals surface area contributed by atoms with Gasteiger partial charge in [-0.05, 0) is 42.9 Å². The molecule has 1 nitrogen and oxygen atoms in total. The smallest absolute Gasteiger partial charge is 0.0302 e. The van der Waals surface area contributed by atoms with Crippen molar-refractivity contribution < 1.29 is 0 Å². The van der Waals surface area contributed by atoms with Gasteiger partial charge in [-0.1, -0.05) is 32.0 Å². The van der Waals surface area contributed by atoms with Crippen LogP contribution < -0.4 is 5.73 Å². The van der Waals surface area contributed by atoms with Crippen LogP contribution in [0.3, 0.4) is 0 Å². The third-order valence-corrected chi connectivity index (χ3v) is 2.64. The van der Waals surface area contributed by atoms with E-state index >= 15 is 0 Å². The molecule has 2 N–H and O–H groups in total. The first-order valence-corrected chi connectivity index (χ1v) is 5.34. The van der Waals surface area contributed by atoms with E-state index in [0.717, 1.165) is 6.42 Å². The second-order valence-electron chi connectivity index (χ2n) is 4.54. The summed E-state index contributed by atoms with van der Waals surface area (Å²) >= 11 is 0. The van der Waals surface area contributed by atoms with Crippen LogP contribution in [0.4, 0.5) is 0 Å². The van der Waals surface area contributed by atoms with Crippen molar-refractivity contribution >= 4 is 0 Å². The van der Waals surface area contributed by atoms with E-state index in [9.17, 15) is 0 Å². The zero-order valence-corrected chi connectivity index (χ0v) is 9.67. The Hall–Kier alpha value is -0.820. The highest BCUT2D eigenvalue weighted by Gasteiger charge is 2.12. The van der Waals surface area contributed by atoms with E-state index in [2.05, 4.69) is 45.9 Å². The van der Waals surface area contributed by atoms with Gasteiger partial charge in [-0.3, -0.25) is 0 Å². The lowest BCUT2D eigenvalue weighted by Gasteiger charge is -2.19. The van der Waals surface area contributed by atoms with Crippen LogP contribution in [0.2, 0.25) is 0 Å². The molecular formula is C13H21N. The Morgan fingerprint density at radius 1 is 1.14 bits per heavy atom. The van der Waals surface area contributed by atoms with Gasteiger partial charge in [0.15, 0.2) is 0 Å². The first kappa shape index (κ1) is 11.3. The highest BCUT2D eigenvalue weighted by Crippen LogP contribution is 2.24. The van der Waals surface area contributed by atoms with E-state index in [-0.39, 0.29) is 6.04 Å². The number of nitrogens with two attached hydrogens (primary N) is 1. The Labute approximate surface area is 87.3 Å². The molecule has 0 bridgehead atoms. The molecule has 0 fully saturated rings. The first-order valence-electron chi connectivity index (χ1n) is 5.34. The molecule has 0 aliphatic heterocycles. The van der Waals surface area contributed by atoms with Gasteiger partial charge in [-0.25, -0.2) is 0 Å². The lowest BCUT2D eigenvalue weighted by molar-refractivity contribution is 0.507. The summed E-state index contributed by atoms with van der Waals surface area (Å²) in [5.74, 6) is 0.656. The van der Waals surface area contributed by atoms with E-state index in [4.69, 9.17) is 5.73 Å². The zero-order chi connectivity index (χ0) is 10.7. The Morgan fingerprint density at radius 2 is 1.64 bits per heavy atom. The van der Waals surface area contributed by atoms with Gasteiger partial charge in [0.25, 0.3) is 0 Å². The quantitative estimate of drug-likeness (QED) is 0.779. The number of aryl methyl sites for hydroxylation is 2. The van der Waals surface area contributed by atoms with Gasteiger partial charge in [0.05, 0.1) is 0 Å². The van der Waals surface area contributed by atoms with Crippen molar-refractivity contribution in [2.24, 2.45) is 11.7 Å². The summed E-state index contributed by atoms with van der Waals surface area (Å²) in [6.45, 7) is 8.71. The molecule has 0 saturated heterocycles. The van der Waals surface area contributed by atoms with Gasteiger partial charge >= 0.3 is 0 Å². The summed E-state index contributed by atoms with van der Waals surface area (Å²) < 4.78 is 0. The Balaban J connectivity index is 2.94. The van der Waals surface area contributed by atoms with Crippen molar-refractivity contribution in [3.8, 4) is 0 Å². The number of hydrogen-bond donors (Lipinski definition) is 1. The van der Waals surface area contributed by atoms with Crippen LogP contribution in [-0.4, -0.2) is 0 Å². The van der Waals surface area contributed by atoms with Crippen molar-refractivity contribution in [2.75, 3.05) is 0 Å². The molecule has 1 rings (SSSR count). The Kier molecular flexibility index (Phi) is 3.70. The second kappa shape index (κ2) is 4.61. The van der Waals surface area contributed by atoms with Crippen molar-refractivity contribution in [1.29, 1.82) is 0 Å². The maximum atomic E-state index is 6.20. The van der Waals surface area contributed by atoms with Crippen molar-refractivity contribution in [3.05, 3.63) is 34.9 Å². The van der Waals surface area contributed by atoms with Gasteiger partial charge < -0.3 is 5.73 Å². The van der Waals surface area contributed by atoms with Crippen LogP contribution >= 0.6 is 0 Å². The lowest BCUT2D eigenvalue weighted by atomic mass is 9.91. The molecule has 14 heavy (non-hydrogen) atoms. The van der Waals surface area contributed by atoms with Crippen molar-refractivity contribution in [2.45, 2.75) is 40.2 Å². The van der Waals surface area contributed by atoms with E-state index in [1.165, 1.54) is 16.7 Å². The molecule has 1 atom stereocenters. The number of hydrogen-bond acceptors (Lipinski definition) is 1. The van der Waals surface area contributed by atoms with Crippen LogP contribution in [0.25, 0.3) is 0 Å². The molecule has 0 aromatic heterocycles.